The van der Waals surface area contributed by atoms with E-state index in [1.165, 1.54) is 24.3 Å². The maximum Gasteiger partial charge on any atom is 0.305 e. The number of phenols is 1. The number of aliphatic imine (C=N–C) groups is 1. The van der Waals surface area contributed by atoms with Crippen LogP contribution in [0, 0.1) is 13.8 Å². The molecule has 1 unspecified atom stereocenters. The van der Waals surface area contributed by atoms with Gasteiger partial charge in [0.05, 0.1) is 23.9 Å². The first-order valence-corrected chi connectivity index (χ1v) is 13.4. The molecule has 4 amide bonds. The van der Waals surface area contributed by atoms with Gasteiger partial charge in [-0.15, -0.1) is 0 Å². The van der Waals surface area contributed by atoms with Crippen LogP contribution in [0.4, 0.5) is 11.4 Å². The molecule has 0 spiro atoms. The molecule has 13 nitrogen and oxygen atoms in total. The molecule has 0 aromatic heterocycles. The summed E-state index contributed by atoms with van der Waals surface area (Å²) in [7, 11) is 0. The third-order valence-corrected chi connectivity index (χ3v) is 6.80. The van der Waals surface area contributed by atoms with Gasteiger partial charge in [0, 0.05) is 22.4 Å². The Morgan fingerprint density at radius 3 is 2.32 bits per heavy atom. The van der Waals surface area contributed by atoms with E-state index in [0.29, 0.717) is 34.4 Å². The van der Waals surface area contributed by atoms with Gasteiger partial charge in [0.15, 0.2) is 0 Å². The monoisotopic (exact) mass is 599 g/mol. The maximum absolute atomic E-state index is 14.1. The second kappa shape index (κ2) is 13.4. The highest BCUT2D eigenvalue weighted by atomic mass is 16.4. The van der Waals surface area contributed by atoms with Crippen LogP contribution in [-0.4, -0.2) is 71.1 Å². The number of carbonyl (C=O) groups is 6. The van der Waals surface area contributed by atoms with Crippen molar-refractivity contribution in [1.82, 2.24) is 10.6 Å². The summed E-state index contributed by atoms with van der Waals surface area (Å²) in [5, 5.41) is 26.7. The average molecular weight is 600 g/mol. The van der Waals surface area contributed by atoms with E-state index in [1.807, 2.05) is 0 Å². The zero-order valence-corrected chi connectivity index (χ0v) is 23.7. The summed E-state index contributed by atoms with van der Waals surface area (Å²) in [5.41, 5.74) is 2.80. The number of benzodiazepines with no additional fused rings is 1. The first-order chi connectivity index (χ1) is 21.0. The lowest BCUT2D eigenvalue weighted by molar-refractivity contribution is -0.138. The van der Waals surface area contributed by atoms with Crippen LogP contribution in [0.2, 0.25) is 0 Å². The summed E-state index contributed by atoms with van der Waals surface area (Å²) in [6.07, 6.45) is -1.45. The van der Waals surface area contributed by atoms with Crippen LogP contribution in [0.3, 0.4) is 0 Å². The molecule has 0 saturated heterocycles. The molecule has 3 aromatic carbocycles. The fraction of sp³-hybridized carbons (Fsp3) is 0.194. The second-order valence-electron chi connectivity index (χ2n) is 10.0. The van der Waals surface area contributed by atoms with Crippen molar-refractivity contribution < 1.29 is 39.0 Å². The Labute approximate surface area is 251 Å². The summed E-state index contributed by atoms with van der Waals surface area (Å²) in [4.78, 5) is 79.9. The van der Waals surface area contributed by atoms with E-state index in [0.717, 1.165) is 4.90 Å². The number of carboxylic acids is 1. The van der Waals surface area contributed by atoms with E-state index >= 15 is 0 Å². The van der Waals surface area contributed by atoms with Gasteiger partial charge in [0.1, 0.15) is 18.6 Å². The van der Waals surface area contributed by atoms with E-state index in [9.17, 15) is 33.9 Å². The number of aliphatic carboxylic acids is 1. The first-order valence-electron chi connectivity index (χ1n) is 13.4. The quantitative estimate of drug-likeness (QED) is 0.205. The average Bonchev–Trinajstić information content (AvgIpc) is 3.10. The van der Waals surface area contributed by atoms with Crippen molar-refractivity contribution in [3.63, 3.8) is 0 Å². The van der Waals surface area contributed by atoms with Gasteiger partial charge in [-0.25, -0.2) is 4.99 Å². The summed E-state index contributed by atoms with van der Waals surface area (Å²) >= 11 is 0. The van der Waals surface area contributed by atoms with Crippen molar-refractivity contribution >= 4 is 53.5 Å². The number of amides is 4. The summed E-state index contributed by atoms with van der Waals surface area (Å²) in [6.45, 7) is 2.60. The minimum atomic E-state index is -1.55. The number of aromatic hydroxyl groups is 1. The predicted octanol–water partition coefficient (Wildman–Crippen LogP) is 1.68. The molecule has 0 saturated carbocycles. The second-order valence-corrected chi connectivity index (χ2v) is 10.0. The Morgan fingerprint density at radius 1 is 1.02 bits per heavy atom. The van der Waals surface area contributed by atoms with Crippen LogP contribution in [0.5, 0.6) is 5.75 Å². The van der Waals surface area contributed by atoms with Crippen molar-refractivity contribution in [3.8, 4) is 5.75 Å². The number of hydrogen-bond acceptors (Lipinski definition) is 8. The fourth-order valence-corrected chi connectivity index (χ4v) is 4.73. The first kappa shape index (κ1) is 31.1. The Hall–Kier alpha value is -5.85. The molecule has 13 heteroatoms. The zero-order valence-electron chi connectivity index (χ0n) is 23.7. The standard InChI is InChI=1S/C31H29N5O8/c1-17-10-20(11-18(2)28(17)42)30(43)35-29-31(44)36(14-25(39)33-22(15-37)13-26(40)41)24-9-8-21(32-16-38)12-23(24)27(34-29)19-6-4-3-5-7-19/h3-12,15-16,22,29,42H,13-14H2,1-2H3,(H,32,38)(H,33,39)(H,35,43)(H,40,41)/t22-,29?/m0/s1. The molecule has 2 atom stereocenters. The number of carbonyl (C=O) groups excluding carboxylic acids is 5. The summed E-state index contributed by atoms with van der Waals surface area (Å²) in [6, 6.07) is 14.9. The minimum Gasteiger partial charge on any atom is -0.507 e. The van der Waals surface area contributed by atoms with Gasteiger partial charge in [0.2, 0.25) is 18.5 Å². The Kier molecular flexibility index (Phi) is 9.48. The zero-order chi connectivity index (χ0) is 32.0. The van der Waals surface area contributed by atoms with Crippen LogP contribution in [0.15, 0.2) is 65.7 Å². The van der Waals surface area contributed by atoms with Gasteiger partial charge in [-0.1, -0.05) is 30.3 Å². The van der Waals surface area contributed by atoms with Gasteiger partial charge < -0.3 is 31.0 Å². The van der Waals surface area contributed by atoms with Gasteiger partial charge in [-0.2, -0.15) is 0 Å². The van der Waals surface area contributed by atoms with E-state index in [2.05, 4.69) is 20.9 Å². The highest BCUT2D eigenvalue weighted by Gasteiger charge is 2.35. The molecule has 4 rings (SSSR count). The van der Waals surface area contributed by atoms with Crippen molar-refractivity contribution in [2.24, 2.45) is 4.99 Å². The van der Waals surface area contributed by atoms with Crippen LogP contribution in [0.1, 0.15) is 39.0 Å². The number of hydrogen-bond donors (Lipinski definition) is 5. The molecular formula is C31H29N5O8. The Bertz CT molecular complexity index is 1650. The van der Waals surface area contributed by atoms with Crippen molar-refractivity contribution in [2.75, 3.05) is 16.8 Å². The van der Waals surface area contributed by atoms with Gasteiger partial charge in [0.25, 0.3) is 11.8 Å². The van der Waals surface area contributed by atoms with Crippen molar-refractivity contribution in [3.05, 3.63) is 88.5 Å². The van der Waals surface area contributed by atoms with Crippen LogP contribution < -0.4 is 20.9 Å². The van der Waals surface area contributed by atoms with Crippen molar-refractivity contribution in [2.45, 2.75) is 32.5 Å². The smallest absolute Gasteiger partial charge is 0.305 e. The topological polar surface area (TPSA) is 195 Å². The molecule has 1 heterocycles. The molecule has 1 aliphatic heterocycles. The highest BCUT2D eigenvalue weighted by Crippen LogP contribution is 2.31. The molecule has 3 aromatic rings. The normalized spacial score (nSPS) is 14.8. The number of phenolic OH excluding ortho intramolecular Hbond substituents is 1. The lowest BCUT2D eigenvalue weighted by Gasteiger charge is -2.26. The molecule has 1 aliphatic rings. The van der Waals surface area contributed by atoms with E-state index in [-0.39, 0.29) is 29.0 Å². The van der Waals surface area contributed by atoms with Crippen LogP contribution >= 0.6 is 0 Å². The minimum absolute atomic E-state index is 0.0281. The van der Waals surface area contributed by atoms with Gasteiger partial charge >= 0.3 is 5.97 Å². The molecule has 0 aliphatic carbocycles. The van der Waals surface area contributed by atoms with Crippen LogP contribution in [0.25, 0.3) is 0 Å². The summed E-state index contributed by atoms with van der Waals surface area (Å²) in [5.74, 6) is -3.59. The third kappa shape index (κ3) is 6.95. The maximum atomic E-state index is 14.1. The number of aryl methyl sites for hydroxylation is 2. The number of aldehydes is 1. The van der Waals surface area contributed by atoms with E-state index in [4.69, 9.17) is 5.11 Å². The molecule has 0 fully saturated rings. The molecule has 0 radical (unpaired) electrons. The number of anilines is 2. The van der Waals surface area contributed by atoms with E-state index in [1.54, 1.807) is 50.2 Å². The lowest BCUT2D eigenvalue weighted by atomic mass is 9.99. The largest absolute Gasteiger partial charge is 0.507 e. The number of fused-ring (bicyclic) bond motifs is 1. The number of rotatable bonds is 11. The van der Waals surface area contributed by atoms with Gasteiger partial charge in [-0.3, -0.25) is 28.9 Å². The SMILES string of the molecule is Cc1cc(C(=O)NC2N=C(c3ccccc3)c3cc(NC=O)ccc3N(CC(=O)N[C@H](C=O)CC(=O)O)C2=O)cc(C)c1O. The number of nitrogens with zero attached hydrogens (tertiary/aromatic N) is 2. The summed E-state index contributed by atoms with van der Waals surface area (Å²) < 4.78 is 0. The molecule has 226 valence electrons. The van der Waals surface area contributed by atoms with Crippen molar-refractivity contribution in [1.29, 1.82) is 0 Å². The molecule has 0 bridgehead atoms. The third-order valence-electron chi connectivity index (χ3n) is 6.80. The van der Waals surface area contributed by atoms with Crippen LogP contribution in [-0.2, 0) is 24.0 Å². The number of benzene rings is 3. The Balaban J connectivity index is 1.82. The highest BCUT2D eigenvalue weighted by molar-refractivity contribution is 6.21. The Morgan fingerprint density at radius 2 is 1.70 bits per heavy atom. The van der Waals surface area contributed by atoms with E-state index < -0.39 is 48.9 Å². The predicted molar refractivity (Wildman–Crippen MR) is 160 cm³/mol. The van der Waals surface area contributed by atoms with Gasteiger partial charge in [-0.05, 0) is 55.3 Å². The number of nitrogens with one attached hydrogen (secondary N) is 3. The number of carboxylic acid groups (broad SMARTS) is 1. The fourth-order valence-electron chi connectivity index (χ4n) is 4.73. The molecular weight excluding hydrogens is 570 g/mol. The molecule has 5 N–H and O–H groups in total. The lowest BCUT2D eigenvalue weighted by Crippen LogP contribution is -2.51. The molecule has 44 heavy (non-hydrogen) atoms.